The molecule has 0 spiro atoms. The van der Waals surface area contributed by atoms with Crippen molar-refractivity contribution in [2.45, 2.75) is 58.5 Å². The van der Waals surface area contributed by atoms with Crippen LogP contribution in [0.2, 0.25) is 0 Å². The maximum absolute atomic E-state index is 11.8. The van der Waals surface area contributed by atoms with Gasteiger partial charge >= 0.3 is 5.97 Å². The van der Waals surface area contributed by atoms with E-state index in [1.807, 2.05) is 30.3 Å². The van der Waals surface area contributed by atoms with Crippen molar-refractivity contribution in [3.8, 4) is 0 Å². The van der Waals surface area contributed by atoms with Crippen LogP contribution < -0.4 is 0 Å². The van der Waals surface area contributed by atoms with Gasteiger partial charge in [-0.25, -0.2) is 0 Å². The molecule has 0 aromatic heterocycles. The monoisotopic (exact) mass is 350 g/mol. The van der Waals surface area contributed by atoms with E-state index in [2.05, 4.69) is 6.92 Å². The zero-order chi connectivity index (χ0) is 18.2. The average molecular weight is 350 g/mol. The fourth-order valence-corrected chi connectivity index (χ4v) is 2.63. The molecule has 0 saturated carbocycles. The number of hydrogen-bond acceptors (Lipinski definition) is 4. The van der Waals surface area contributed by atoms with Crippen molar-refractivity contribution in [2.24, 2.45) is 5.92 Å². The Bertz CT molecular complexity index is 433. The summed E-state index contributed by atoms with van der Waals surface area (Å²) in [6.45, 7) is 4.17. The summed E-state index contributed by atoms with van der Waals surface area (Å²) >= 11 is 0. The first-order valence-electron chi connectivity index (χ1n) is 9.52. The summed E-state index contributed by atoms with van der Waals surface area (Å²) in [6.07, 6.45) is 7.54. The van der Waals surface area contributed by atoms with E-state index >= 15 is 0 Å². The smallest absolute Gasteiger partial charge is 0.305 e. The average Bonchev–Trinajstić information content (AvgIpc) is 2.63. The van der Waals surface area contributed by atoms with Gasteiger partial charge < -0.3 is 14.2 Å². The van der Waals surface area contributed by atoms with Crippen LogP contribution in [0, 0.1) is 5.92 Å². The van der Waals surface area contributed by atoms with Crippen molar-refractivity contribution in [1.82, 2.24) is 0 Å². The van der Waals surface area contributed by atoms with E-state index < -0.39 is 0 Å². The first kappa shape index (κ1) is 21.7. The molecule has 1 unspecified atom stereocenters. The van der Waals surface area contributed by atoms with Crippen molar-refractivity contribution in [1.29, 1.82) is 0 Å². The van der Waals surface area contributed by atoms with Crippen LogP contribution in [0.4, 0.5) is 0 Å². The third-order valence-electron chi connectivity index (χ3n) is 4.08. The molecule has 0 heterocycles. The molecule has 0 saturated heterocycles. The molecule has 0 aliphatic heterocycles. The van der Waals surface area contributed by atoms with Crippen molar-refractivity contribution in [2.75, 3.05) is 26.9 Å². The number of carbonyl (C=O) groups is 1. The first-order chi connectivity index (χ1) is 12.3. The van der Waals surface area contributed by atoms with Gasteiger partial charge in [0.2, 0.25) is 0 Å². The van der Waals surface area contributed by atoms with Crippen LogP contribution in [0.15, 0.2) is 30.3 Å². The van der Waals surface area contributed by atoms with Gasteiger partial charge in [0.25, 0.3) is 0 Å². The number of methoxy groups -OCH3 is 1. The summed E-state index contributed by atoms with van der Waals surface area (Å²) < 4.78 is 16.3. The second kappa shape index (κ2) is 14.9. The van der Waals surface area contributed by atoms with E-state index in [-0.39, 0.29) is 11.9 Å². The molecule has 4 heteroatoms. The lowest BCUT2D eigenvalue weighted by molar-refractivity contribution is -0.146. The zero-order valence-electron chi connectivity index (χ0n) is 15.9. The van der Waals surface area contributed by atoms with E-state index in [0.29, 0.717) is 32.8 Å². The van der Waals surface area contributed by atoms with Gasteiger partial charge in [0.15, 0.2) is 0 Å². The van der Waals surface area contributed by atoms with Crippen LogP contribution in [-0.2, 0) is 25.6 Å². The normalized spacial score (nSPS) is 12.1. The summed E-state index contributed by atoms with van der Waals surface area (Å²) in [6, 6.07) is 10.0. The Morgan fingerprint density at radius 1 is 0.960 bits per heavy atom. The minimum absolute atomic E-state index is 0.0715. The number of esters is 1. The highest BCUT2D eigenvalue weighted by atomic mass is 16.5. The summed E-state index contributed by atoms with van der Waals surface area (Å²) in [5.41, 5.74) is 1.14. The topological polar surface area (TPSA) is 44.8 Å². The van der Waals surface area contributed by atoms with E-state index in [1.54, 1.807) is 7.11 Å². The highest BCUT2D eigenvalue weighted by Gasteiger charge is 2.12. The van der Waals surface area contributed by atoms with Gasteiger partial charge in [-0.15, -0.1) is 0 Å². The fourth-order valence-electron chi connectivity index (χ4n) is 2.63. The van der Waals surface area contributed by atoms with E-state index in [9.17, 15) is 4.79 Å². The van der Waals surface area contributed by atoms with Crippen LogP contribution in [0.5, 0.6) is 0 Å². The second-order valence-electron chi connectivity index (χ2n) is 6.52. The molecule has 1 aromatic carbocycles. The molecule has 0 fully saturated rings. The lowest BCUT2D eigenvalue weighted by Gasteiger charge is -2.16. The van der Waals surface area contributed by atoms with Gasteiger partial charge in [-0.3, -0.25) is 4.79 Å². The molecule has 142 valence electrons. The van der Waals surface area contributed by atoms with Gasteiger partial charge in [0.1, 0.15) is 0 Å². The number of rotatable bonds is 15. The minimum Gasteiger partial charge on any atom is -0.465 e. The van der Waals surface area contributed by atoms with E-state index in [0.717, 1.165) is 18.4 Å². The highest BCUT2D eigenvalue weighted by molar-refractivity contribution is 5.69. The largest absolute Gasteiger partial charge is 0.465 e. The van der Waals surface area contributed by atoms with Crippen LogP contribution in [-0.4, -0.2) is 32.9 Å². The predicted molar refractivity (Wildman–Crippen MR) is 100 cm³/mol. The second-order valence-corrected chi connectivity index (χ2v) is 6.52. The lowest BCUT2D eigenvalue weighted by atomic mass is 10.1. The lowest BCUT2D eigenvalue weighted by Crippen LogP contribution is -2.23. The van der Waals surface area contributed by atoms with Gasteiger partial charge in [-0.1, -0.05) is 69.4 Å². The zero-order valence-corrected chi connectivity index (χ0v) is 15.9. The minimum atomic E-state index is -0.111. The third kappa shape index (κ3) is 11.7. The van der Waals surface area contributed by atoms with Crippen molar-refractivity contribution in [3.63, 3.8) is 0 Å². The molecule has 0 amide bonds. The number of carbonyl (C=O) groups excluding carboxylic acids is 1. The Balaban J connectivity index is 2.13. The van der Waals surface area contributed by atoms with Crippen LogP contribution in [0.1, 0.15) is 57.4 Å². The Kier molecular flexibility index (Phi) is 12.9. The SMILES string of the molecule is CCCCCCCCC(=O)OCC(COC)COCc1ccccc1. The highest BCUT2D eigenvalue weighted by Crippen LogP contribution is 2.09. The first-order valence-corrected chi connectivity index (χ1v) is 9.52. The molecule has 0 N–H and O–H groups in total. The number of unbranched alkanes of at least 4 members (excludes halogenated alkanes) is 5. The molecule has 1 atom stereocenters. The van der Waals surface area contributed by atoms with Crippen LogP contribution in [0.3, 0.4) is 0 Å². The van der Waals surface area contributed by atoms with Gasteiger partial charge in [0, 0.05) is 19.4 Å². The van der Waals surface area contributed by atoms with Crippen molar-refractivity contribution in [3.05, 3.63) is 35.9 Å². The Morgan fingerprint density at radius 3 is 2.40 bits per heavy atom. The number of ether oxygens (including phenoxy) is 3. The van der Waals surface area contributed by atoms with Crippen molar-refractivity contribution >= 4 is 5.97 Å². The fraction of sp³-hybridized carbons (Fsp3) is 0.667. The Morgan fingerprint density at radius 2 is 1.68 bits per heavy atom. The number of hydrogen-bond donors (Lipinski definition) is 0. The molecule has 1 aromatic rings. The van der Waals surface area contributed by atoms with Gasteiger partial charge in [-0.05, 0) is 12.0 Å². The van der Waals surface area contributed by atoms with Gasteiger partial charge in [-0.2, -0.15) is 0 Å². The molecule has 0 aliphatic rings. The summed E-state index contributed by atoms with van der Waals surface area (Å²) in [7, 11) is 1.66. The molecule has 4 nitrogen and oxygen atoms in total. The quantitative estimate of drug-likeness (QED) is 0.338. The van der Waals surface area contributed by atoms with Crippen molar-refractivity contribution < 1.29 is 19.0 Å². The maximum atomic E-state index is 11.8. The maximum Gasteiger partial charge on any atom is 0.305 e. The number of benzene rings is 1. The van der Waals surface area contributed by atoms with Gasteiger partial charge in [0.05, 0.1) is 26.4 Å². The molecule has 25 heavy (non-hydrogen) atoms. The third-order valence-corrected chi connectivity index (χ3v) is 4.08. The summed E-state index contributed by atoms with van der Waals surface area (Å²) in [4.78, 5) is 11.8. The molecular formula is C21H34O4. The van der Waals surface area contributed by atoms with Crippen LogP contribution in [0.25, 0.3) is 0 Å². The molecule has 0 aliphatic carbocycles. The molecule has 0 bridgehead atoms. The summed E-state index contributed by atoms with van der Waals surface area (Å²) in [5.74, 6) is -0.0399. The predicted octanol–water partition coefficient (Wildman–Crippen LogP) is 4.76. The Labute approximate surface area is 152 Å². The molecule has 1 rings (SSSR count). The standard InChI is InChI=1S/C21H34O4/c1-3-4-5-6-7-11-14-21(22)25-18-20(15-23-2)17-24-16-19-12-9-8-10-13-19/h8-10,12-13,20H,3-7,11,14-18H2,1-2H3. The molecule has 0 radical (unpaired) electrons. The molecular weight excluding hydrogens is 316 g/mol. The Hall–Kier alpha value is -1.39. The van der Waals surface area contributed by atoms with E-state index in [4.69, 9.17) is 14.2 Å². The van der Waals surface area contributed by atoms with E-state index in [1.165, 1.54) is 25.7 Å². The van der Waals surface area contributed by atoms with Crippen LogP contribution >= 0.6 is 0 Å². The summed E-state index contributed by atoms with van der Waals surface area (Å²) in [5, 5.41) is 0.